The summed E-state index contributed by atoms with van der Waals surface area (Å²) in [5, 5.41) is 27.4. The largest absolute Gasteiger partial charge is 0.507 e. The molecule has 184 valence electrons. The molecule has 8 heteroatoms. The Labute approximate surface area is 204 Å². The van der Waals surface area contributed by atoms with Crippen LogP contribution in [0.25, 0.3) is 10.8 Å². The van der Waals surface area contributed by atoms with Crippen molar-refractivity contribution in [2.24, 2.45) is 10.5 Å². The lowest BCUT2D eigenvalue weighted by molar-refractivity contribution is -0.385. The Kier molecular flexibility index (Phi) is 7.43. The Balaban J connectivity index is 1.69. The Morgan fingerprint density at radius 3 is 2.51 bits per heavy atom. The van der Waals surface area contributed by atoms with Gasteiger partial charge in [-0.15, -0.1) is 0 Å². The predicted octanol–water partition coefficient (Wildman–Crippen LogP) is 5.70. The molecular weight excluding hydrogens is 446 g/mol. The number of nitrogens with one attached hydrogen (secondary N) is 1. The zero-order valence-corrected chi connectivity index (χ0v) is 20.7. The SMILES string of the molecule is CC(C)(C)CC(C)(C)c1ccc(OCC(=O)NN=Cc2c(O)ccc3ccccc23)c([N+](=O)[O-])c1. The molecule has 0 aromatic heterocycles. The summed E-state index contributed by atoms with van der Waals surface area (Å²) < 4.78 is 5.45. The molecule has 0 atom stereocenters. The van der Waals surface area contributed by atoms with Gasteiger partial charge in [0, 0.05) is 11.6 Å². The highest BCUT2D eigenvalue weighted by Gasteiger charge is 2.29. The summed E-state index contributed by atoms with van der Waals surface area (Å²) in [4.78, 5) is 23.4. The Morgan fingerprint density at radius 1 is 1.11 bits per heavy atom. The minimum Gasteiger partial charge on any atom is -0.507 e. The molecule has 3 aromatic carbocycles. The topological polar surface area (TPSA) is 114 Å². The van der Waals surface area contributed by atoms with Gasteiger partial charge in [-0.1, -0.05) is 71.0 Å². The average molecular weight is 478 g/mol. The summed E-state index contributed by atoms with van der Waals surface area (Å²) in [6.45, 7) is 10.0. The smallest absolute Gasteiger partial charge is 0.311 e. The van der Waals surface area contributed by atoms with Crippen molar-refractivity contribution in [2.45, 2.75) is 46.5 Å². The summed E-state index contributed by atoms with van der Waals surface area (Å²) in [6.07, 6.45) is 2.19. The molecule has 0 saturated carbocycles. The van der Waals surface area contributed by atoms with Crippen LogP contribution in [-0.4, -0.2) is 28.8 Å². The van der Waals surface area contributed by atoms with Crippen LogP contribution in [0.5, 0.6) is 11.5 Å². The first-order valence-corrected chi connectivity index (χ1v) is 11.3. The van der Waals surface area contributed by atoms with Gasteiger partial charge in [0.25, 0.3) is 5.91 Å². The van der Waals surface area contributed by atoms with Gasteiger partial charge in [-0.25, -0.2) is 5.43 Å². The van der Waals surface area contributed by atoms with Crippen molar-refractivity contribution in [2.75, 3.05) is 6.61 Å². The van der Waals surface area contributed by atoms with Gasteiger partial charge < -0.3 is 9.84 Å². The fourth-order valence-corrected chi connectivity index (χ4v) is 4.40. The Morgan fingerprint density at radius 2 is 1.83 bits per heavy atom. The van der Waals surface area contributed by atoms with E-state index in [2.05, 4.69) is 45.1 Å². The molecule has 0 spiro atoms. The van der Waals surface area contributed by atoms with Crippen LogP contribution in [0.4, 0.5) is 5.69 Å². The maximum Gasteiger partial charge on any atom is 0.311 e. The van der Waals surface area contributed by atoms with Crippen molar-refractivity contribution in [1.82, 2.24) is 5.43 Å². The number of nitro groups is 1. The van der Waals surface area contributed by atoms with E-state index in [0.717, 1.165) is 22.8 Å². The van der Waals surface area contributed by atoms with E-state index in [0.29, 0.717) is 5.56 Å². The van der Waals surface area contributed by atoms with Crippen molar-refractivity contribution < 1.29 is 19.6 Å². The molecule has 0 bridgehead atoms. The van der Waals surface area contributed by atoms with Gasteiger partial charge in [0.1, 0.15) is 5.75 Å². The number of fused-ring (bicyclic) bond motifs is 1. The molecule has 0 radical (unpaired) electrons. The number of rotatable bonds is 8. The molecular formula is C27H31N3O5. The standard InChI is InChI=1S/C27H31N3O5/c1-26(2,3)17-27(4,5)19-11-13-24(22(14-19)30(33)34)35-16-25(32)29-28-15-21-20-9-7-6-8-18(20)10-12-23(21)31/h6-15,31H,16-17H2,1-5H3,(H,29,32). The fourth-order valence-electron chi connectivity index (χ4n) is 4.40. The van der Waals surface area contributed by atoms with Gasteiger partial charge in [-0.2, -0.15) is 5.10 Å². The van der Waals surface area contributed by atoms with Crippen molar-refractivity contribution in [3.05, 3.63) is 75.8 Å². The van der Waals surface area contributed by atoms with Crippen molar-refractivity contribution in [3.63, 3.8) is 0 Å². The fraction of sp³-hybridized carbons (Fsp3) is 0.333. The number of hydrazone groups is 1. The molecule has 0 saturated heterocycles. The maximum absolute atomic E-state index is 12.2. The van der Waals surface area contributed by atoms with Crippen LogP contribution in [0.3, 0.4) is 0 Å². The zero-order valence-electron chi connectivity index (χ0n) is 20.7. The molecule has 0 heterocycles. The molecule has 0 unspecified atom stereocenters. The monoisotopic (exact) mass is 477 g/mol. The van der Waals surface area contributed by atoms with Gasteiger partial charge in [0.2, 0.25) is 0 Å². The Bertz CT molecular complexity index is 1280. The Hall–Kier alpha value is -3.94. The number of ether oxygens (including phenoxy) is 1. The highest BCUT2D eigenvalue weighted by molar-refractivity contribution is 6.02. The van der Waals surface area contributed by atoms with Crippen molar-refractivity contribution in [1.29, 1.82) is 0 Å². The van der Waals surface area contributed by atoms with Crippen LogP contribution in [0.15, 0.2) is 59.7 Å². The molecule has 0 fully saturated rings. The molecule has 35 heavy (non-hydrogen) atoms. The number of benzene rings is 3. The number of hydrogen-bond acceptors (Lipinski definition) is 6. The average Bonchev–Trinajstić information content (AvgIpc) is 2.77. The van der Waals surface area contributed by atoms with Gasteiger partial charge >= 0.3 is 5.69 Å². The van der Waals surface area contributed by atoms with Crippen molar-refractivity contribution in [3.8, 4) is 11.5 Å². The molecule has 0 aliphatic heterocycles. The van der Waals surface area contributed by atoms with Gasteiger partial charge in [-0.3, -0.25) is 14.9 Å². The number of hydrogen-bond donors (Lipinski definition) is 2. The van der Waals surface area contributed by atoms with Crippen molar-refractivity contribution >= 4 is 28.6 Å². The number of phenols is 1. The van der Waals surface area contributed by atoms with Crippen LogP contribution in [0.2, 0.25) is 0 Å². The number of carbonyl (C=O) groups is 1. The third-order valence-electron chi connectivity index (χ3n) is 5.60. The van der Waals surface area contributed by atoms with Gasteiger partial charge in [0.15, 0.2) is 12.4 Å². The van der Waals surface area contributed by atoms with E-state index in [1.807, 2.05) is 24.3 Å². The number of nitro benzene ring substituents is 1. The predicted molar refractivity (Wildman–Crippen MR) is 137 cm³/mol. The number of phenolic OH excluding ortho intramolecular Hbond substituents is 1. The molecule has 8 nitrogen and oxygen atoms in total. The van der Waals surface area contributed by atoms with E-state index in [9.17, 15) is 20.0 Å². The highest BCUT2D eigenvalue weighted by atomic mass is 16.6. The number of amides is 1. The second-order valence-corrected chi connectivity index (χ2v) is 10.4. The first-order chi connectivity index (χ1) is 16.4. The normalized spacial score (nSPS) is 12.1. The third kappa shape index (κ3) is 6.56. The maximum atomic E-state index is 12.2. The zero-order chi connectivity index (χ0) is 25.8. The van der Waals surface area contributed by atoms with Crippen LogP contribution < -0.4 is 10.2 Å². The third-order valence-corrected chi connectivity index (χ3v) is 5.60. The lowest BCUT2D eigenvalue weighted by atomic mass is 9.72. The molecule has 2 N–H and O–H groups in total. The van der Waals surface area contributed by atoms with Gasteiger partial charge in [-0.05, 0) is 45.7 Å². The van der Waals surface area contributed by atoms with Gasteiger partial charge in [0.05, 0.1) is 11.1 Å². The van der Waals surface area contributed by atoms with Crippen LogP contribution in [-0.2, 0) is 10.2 Å². The lowest BCUT2D eigenvalue weighted by Gasteiger charge is -2.33. The molecule has 3 rings (SSSR count). The summed E-state index contributed by atoms with van der Waals surface area (Å²) in [7, 11) is 0. The van der Waals surface area contributed by atoms with E-state index >= 15 is 0 Å². The second kappa shape index (κ2) is 10.1. The second-order valence-electron chi connectivity index (χ2n) is 10.4. The quantitative estimate of drug-likeness (QED) is 0.245. The minimum atomic E-state index is -0.590. The molecule has 0 aliphatic rings. The minimum absolute atomic E-state index is 0.0103. The summed E-state index contributed by atoms with van der Waals surface area (Å²) in [5.41, 5.74) is 3.20. The number of carbonyl (C=O) groups excluding carboxylic acids is 1. The van der Waals surface area contributed by atoms with E-state index < -0.39 is 17.4 Å². The van der Waals surface area contributed by atoms with Crippen LogP contribution >= 0.6 is 0 Å². The summed E-state index contributed by atoms with van der Waals surface area (Å²) in [6, 6.07) is 15.7. The summed E-state index contributed by atoms with van der Waals surface area (Å²) in [5.74, 6) is -0.549. The van der Waals surface area contributed by atoms with Crippen LogP contribution in [0.1, 0.15) is 52.2 Å². The van der Waals surface area contributed by atoms with Crippen LogP contribution in [0, 0.1) is 15.5 Å². The summed E-state index contributed by atoms with van der Waals surface area (Å²) >= 11 is 0. The van der Waals surface area contributed by atoms with E-state index in [1.165, 1.54) is 18.3 Å². The highest BCUT2D eigenvalue weighted by Crippen LogP contribution is 2.39. The first-order valence-electron chi connectivity index (χ1n) is 11.3. The number of nitrogens with zero attached hydrogens (tertiary/aromatic N) is 2. The van der Waals surface area contributed by atoms with E-state index in [4.69, 9.17) is 4.74 Å². The molecule has 0 aliphatic carbocycles. The number of aromatic hydroxyl groups is 1. The first kappa shape index (κ1) is 25.7. The van der Waals surface area contributed by atoms with E-state index in [-0.39, 0.29) is 28.0 Å². The molecule has 3 aromatic rings. The molecule has 1 amide bonds. The van der Waals surface area contributed by atoms with E-state index in [1.54, 1.807) is 18.2 Å². The lowest BCUT2D eigenvalue weighted by Crippen LogP contribution is -2.26.